The molecule has 0 radical (unpaired) electrons. The van der Waals surface area contributed by atoms with Crippen LogP contribution in [0.2, 0.25) is 0 Å². The molecule has 0 atom stereocenters. The van der Waals surface area contributed by atoms with Crippen LogP contribution in [0.3, 0.4) is 0 Å². The molecule has 0 aromatic heterocycles. The molecule has 1 rings (SSSR count). The normalized spacial score (nSPS) is 10.3. The third-order valence-electron chi connectivity index (χ3n) is 2.96. The van der Waals surface area contributed by atoms with Crippen LogP contribution >= 0.6 is 0 Å². The summed E-state index contributed by atoms with van der Waals surface area (Å²) in [4.78, 5) is 13.4. The van der Waals surface area contributed by atoms with Crippen molar-refractivity contribution in [1.29, 1.82) is 0 Å². The third-order valence-corrected chi connectivity index (χ3v) is 2.96. The van der Waals surface area contributed by atoms with E-state index in [2.05, 4.69) is 0 Å². The fourth-order valence-corrected chi connectivity index (χ4v) is 1.77. The molecule has 1 N–H and O–H groups in total. The van der Waals surface area contributed by atoms with Gasteiger partial charge in [-0.25, -0.2) is 4.39 Å². The summed E-state index contributed by atoms with van der Waals surface area (Å²) in [6.07, 6.45) is 2.83. The molecule has 0 aliphatic heterocycles. The molecule has 0 spiro atoms. The zero-order valence-electron chi connectivity index (χ0n) is 11.8. The second-order valence-electron chi connectivity index (χ2n) is 4.66. The van der Waals surface area contributed by atoms with Crippen molar-refractivity contribution in [3.63, 3.8) is 0 Å². The Hall–Kier alpha value is -1.62. The van der Waals surface area contributed by atoms with Crippen molar-refractivity contribution >= 4 is 5.91 Å². The minimum atomic E-state index is -0.352. The molecule has 1 amide bonds. The largest absolute Gasteiger partial charge is 0.493 e. The predicted molar refractivity (Wildman–Crippen MR) is 75.1 cm³/mol. The monoisotopic (exact) mass is 283 g/mol. The third kappa shape index (κ3) is 6.52. The van der Waals surface area contributed by atoms with Gasteiger partial charge >= 0.3 is 0 Å². The summed E-state index contributed by atoms with van der Waals surface area (Å²) in [5.74, 6) is 0.0867. The van der Waals surface area contributed by atoms with Crippen molar-refractivity contribution in [2.75, 3.05) is 26.8 Å². The molecule has 112 valence electrons. The van der Waals surface area contributed by atoms with Crippen molar-refractivity contribution in [2.45, 2.75) is 25.7 Å². The van der Waals surface area contributed by atoms with Gasteiger partial charge < -0.3 is 14.7 Å². The lowest BCUT2D eigenvalue weighted by Crippen LogP contribution is -2.28. The first-order chi connectivity index (χ1) is 9.63. The fraction of sp³-hybridized carbons (Fsp3) is 0.533. The summed E-state index contributed by atoms with van der Waals surface area (Å²) < 4.78 is 18.2. The average molecular weight is 283 g/mol. The Balaban J connectivity index is 2.19. The van der Waals surface area contributed by atoms with Crippen LogP contribution in [0.15, 0.2) is 24.3 Å². The van der Waals surface area contributed by atoms with Crippen molar-refractivity contribution in [2.24, 2.45) is 0 Å². The van der Waals surface area contributed by atoms with E-state index in [4.69, 9.17) is 9.84 Å². The molecule has 0 aliphatic rings. The molecule has 0 heterocycles. The lowest BCUT2D eigenvalue weighted by Gasteiger charge is -2.17. The second-order valence-corrected chi connectivity index (χ2v) is 4.66. The number of nitrogens with zero attached hydrogens (tertiary/aromatic N) is 1. The number of hydrogen-bond acceptors (Lipinski definition) is 3. The van der Waals surface area contributed by atoms with Gasteiger partial charge in [0.1, 0.15) is 11.6 Å². The number of carbonyl (C=O) groups is 1. The predicted octanol–water partition coefficient (Wildman–Crippen LogP) is 2.22. The quantitative estimate of drug-likeness (QED) is 0.707. The number of aliphatic hydroxyl groups is 1. The lowest BCUT2D eigenvalue weighted by molar-refractivity contribution is -0.130. The van der Waals surface area contributed by atoms with Crippen molar-refractivity contribution in [1.82, 2.24) is 4.90 Å². The van der Waals surface area contributed by atoms with E-state index in [-0.39, 0.29) is 31.4 Å². The zero-order valence-corrected chi connectivity index (χ0v) is 11.8. The smallest absolute Gasteiger partial charge is 0.225 e. The van der Waals surface area contributed by atoms with Gasteiger partial charge in [0.2, 0.25) is 5.91 Å². The van der Waals surface area contributed by atoms with Gasteiger partial charge in [-0.15, -0.1) is 0 Å². The summed E-state index contributed by atoms with van der Waals surface area (Å²) in [6.45, 7) is 1.11. The van der Waals surface area contributed by atoms with Crippen molar-refractivity contribution in [3.05, 3.63) is 30.1 Å². The summed E-state index contributed by atoms with van der Waals surface area (Å²) in [7, 11) is 1.75. The molecule has 5 heteroatoms. The van der Waals surface area contributed by atoms with E-state index in [1.807, 2.05) is 0 Å². The van der Waals surface area contributed by atoms with Gasteiger partial charge in [0.25, 0.3) is 0 Å². The Morgan fingerprint density at radius 2 is 2.15 bits per heavy atom. The SMILES string of the molecule is CN(CCCCCO)C(=O)CCOc1cccc(F)c1. The number of halogens is 1. The number of unbranched alkanes of at least 4 members (excludes halogenated alkanes) is 2. The highest BCUT2D eigenvalue weighted by Crippen LogP contribution is 2.12. The average Bonchev–Trinajstić information content (AvgIpc) is 2.43. The Morgan fingerprint density at radius 3 is 2.85 bits per heavy atom. The van der Waals surface area contributed by atoms with Crippen LogP contribution in [-0.4, -0.2) is 42.7 Å². The standard InChI is InChI=1S/C15H22FNO3/c1-17(9-3-2-4-10-18)15(19)8-11-20-14-7-5-6-13(16)12-14/h5-7,12,18H,2-4,8-11H2,1H3. The van der Waals surface area contributed by atoms with Crippen LogP contribution in [-0.2, 0) is 4.79 Å². The van der Waals surface area contributed by atoms with E-state index >= 15 is 0 Å². The first-order valence-corrected chi connectivity index (χ1v) is 6.86. The van der Waals surface area contributed by atoms with E-state index in [0.717, 1.165) is 19.3 Å². The Kier molecular flexibility index (Phi) is 7.65. The van der Waals surface area contributed by atoms with Crippen LogP contribution in [0.5, 0.6) is 5.75 Å². The van der Waals surface area contributed by atoms with E-state index in [1.54, 1.807) is 24.1 Å². The number of carbonyl (C=O) groups excluding carboxylic acids is 1. The van der Waals surface area contributed by atoms with E-state index in [0.29, 0.717) is 12.3 Å². The first kappa shape index (κ1) is 16.4. The minimum Gasteiger partial charge on any atom is -0.493 e. The molecule has 4 nitrogen and oxygen atoms in total. The van der Waals surface area contributed by atoms with E-state index in [9.17, 15) is 9.18 Å². The molecule has 1 aromatic rings. The van der Waals surface area contributed by atoms with Crippen molar-refractivity contribution in [3.8, 4) is 5.75 Å². The number of hydrogen-bond donors (Lipinski definition) is 1. The Bertz CT molecular complexity index is 412. The molecule has 20 heavy (non-hydrogen) atoms. The van der Waals surface area contributed by atoms with Gasteiger partial charge in [-0.2, -0.15) is 0 Å². The summed E-state index contributed by atoms with van der Waals surface area (Å²) in [5.41, 5.74) is 0. The fourth-order valence-electron chi connectivity index (χ4n) is 1.77. The number of aliphatic hydroxyl groups excluding tert-OH is 1. The van der Waals surface area contributed by atoms with Gasteiger partial charge in [-0.3, -0.25) is 4.79 Å². The molecule has 0 fully saturated rings. The van der Waals surface area contributed by atoms with Gasteiger partial charge in [0.15, 0.2) is 0 Å². The molecular formula is C15H22FNO3. The number of amides is 1. The minimum absolute atomic E-state index is 0.00500. The highest BCUT2D eigenvalue weighted by atomic mass is 19.1. The molecule has 0 saturated carbocycles. The molecule has 0 saturated heterocycles. The number of rotatable bonds is 9. The van der Waals surface area contributed by atoms with Crippen molar-refractivity contribution < 1.29 is 19.0 Å². The van der Waals surface area contributed by atoms with Crippen LogP contribution in [0.25, 0.3) is 0 Å². The van der Waals surface area contributed by atoms with Gasteiger partial charge in [-0.1, -0.05) is 6.07 Å². The first-order valence-electron chi connectivity index (χ1n) is 6.86. The molecule has 1 aromatic carbocycles. The Morgan fingerprint density at radius 1 is 1.35 bits per heavy atom. The summed E-state index contributed by atoms with van der Waals surface area (Å²) in [6, 6.07) is 5.87. The molecule has 0 bridgehead atoms. The highest BCUT2D eigenvalue weighted by molar-refractivity contribution is 5.75. The van der Waals surface area contributed by atoms with Gasteiger partial charge in [-0.05, 0) is 31.4 Å². The molecular weight excluding hydrogens is 261 g/mol. The molecule has 0 unspecified atom stereocenters. The lowest BCUT2D eigenvalue weighted by atomic mass is 10.2. The maximum absolute atomic E-state index is 12.9. The van der Waals surface area contributed by atoms with Gasteiger partial charge in [0, 0.05) is 26.3 Å². The van der Waals surface area contributed by atoms with Crippen LogP contribution < -0.4 is 4.74 Å². The second kappa shape index (κ2) is 9.31. The van der Waals surface area contributed by atoms with Crippen LogP contribution in [0.4, 0.5) is 4.39 Å². The summed E-state index contributed by atoms with van der Waals surface area (Å²) in [5, 5.41) is 8.66. The topological polar surface area (TPSA) is 49.8 Å². The highest BCUT2D eigenvalue weighted by Gasteiger charge is 2.08. The van der Waals surface area contributed by atoms with Crippen LogP contribution in [0.1, 0.15) is 25.7 Å². The van der Waals surface area contributed by atoms with Gasteiger partial charge in [0.05, 0.1) is 13.0 Å². The summed E-state index contributed by atoms with van der Waals surface area (Å²) >= 11 is 0. The van der Waals surface area contributed by atoms with E-state index < -0.39 is 0 Å². The number of benzene rings is 1. The van der Waals surface area contributed by atoms with Crippen LogP contribution in [0, 0.1) is 5.82 Å². The van der Waals surface area contributed by atoms with E-state index in [1.165, 1.54) is 12.1 Å². The maximum Gasteiger partial charge on any atom is 0.225 e. The zero-order chi connectivity index (χ0) is 14.8. The number of ether oxygens (including phenoxy) is 1. The molecule has 0 aliphatic carbocycles. The maximum atomic E-state index is 12.9. The Labute approximate surface area is 119 Å².